The Kier molecular flexibility index (Phi) is 5.32. The smallest absolute Gasteiger partial charge is 0.255 e. The number of thiophene rings is 1. The molecule has 1 heterocycles. The average molecular weight is 288 g/mol. The monoisotopic (exact) mass is 288 g/mol. The third-order valence-corrected chi connectivity index (χ3v) is 4.08. The minimum atomic E-state index is 0.0982. The van der Waals surface area contributed by atoms with Gasteiger partial charge in [0.05, 0.1) is 5.56 Å². The van der Waals surface area contributed by atoms with E-state index < -0.39 is 0 Å². The Labute approximate surface area is 124 Å². The largest absolute Gasteiger partial charge is 0.334 e. The topological polar surface area (TPSA) is 46.3 Å². The molecule has 4 heteroatoms. The number of hydrogen-bond acceptors (Lipinski definition) is 3. The number of hydrogen-bond donors (Lipinski definition) is 1. The van der Waals surface area contributed by atoms with Crippen LogP contribution in [-0.2, 0) is 6.54 Å². The van der Waals surface area contributed by atoms with Crippen molar-refractivity contribution >= 4 is 17.2 Å². The van der Waals surface area contributed by atoms with Crippen molar-refractivity contribution in [3.63, 3.8) is 0 Å². The number of amides is 1. The fourth-order valence-corrected chi connectivity index (χ4v) is 2.91. The lowest BCUT2D eigenvalue weighted by Gasteiger charge is -2.22. The third-order valence-electron chi connectivity index (χ3n) is 3.22. The number of benzene rings is 1. The zero-order valence-electron chi connectivity index (χ0n) is 11.7. The van der Waals surface area contributed by atoms with Crippen LogP contribution in [0.2, 0.25) is 0 Å². The molecule has 1 aromatic heterocycles. The first-order valence-electron chi connectivity index (χ1n) is 6.78. The summed E-state index contributed by atoms with van der Waals surface area (Å²) in [6.07, 6.45) is 0.821. The van der Waals surface area contributed by atoms with Gasteiger partial charge in [-0.1, -0.05) is 30.3 Å². The molecule has 0 unspecified atom stereocenters. The first-order valence-corrected chi connectivity index (χ1v) is 7.72. The molecule has 1 aromatic carbocycles. The Morgan fingerprint density at radius 2 is 2.00 bits per heavy atom. The van der Waals surface area contributed by atoms with Crippen LogP contribution in [0.4, 0.5) is 0 Å². The first-order chi connectivity index (χ1) is 9.72. The predicted octanol–water partition coefficient (Wildman–Crippen LogP) is 3.05. The molecule has 0 aliphatic heterocycles. The van der Waals surface area contributed by atoms with Crippen LogP contribution in [-0.4, -0.2) is 23.9 Å². The van der Waals surface area contributed by atoms with E-state index in [0.717, 1.165) is 23.1 Å². The van der Waals surface area contributed by atoms with Gasteiger partial charge in [0.2, 0.25) is 0 Å². The fourth-order valence-electron chi connectivity index (χ4n) is 2.09. The average Bonchev–Trinajstić information content (AvgIpc) is 2.90. The summed E-state index contributed by atoms with van der Waals surface area (Å²) in [6.45, 7) is 3.91. The first kappa shape index (κ1) is 14.8. The van der Waals surface area contributed by atoms with Crippen LogP contribution in [0.1, 0.15) is 27.9 Å². The number of carbonyl (C=O) groups excluding carboxylic acids is 1. The van der Waals surface area contributed by atoms with Crippen LogP contribution in [0, 0.1) is 6.92 Å². The molecule has 106 valence electrons. The highest BCUT2D eigenvalue weighted by Gasteiger charge is 2.18. The van der Waals surface area contributed by atoms with Crippen molar-refractivity contribution in [3.05, 3.63) is 57.8 Å². The van der Waals surface area contributed by atoms with Gasteiger partial charge in [-0.15, -0.1) is 0 Å². The lowest BCUT2D eigenvalue weighted by Crippen LogP contribution is -2.32. The van der Waals surface area contributed by atoms with Gasteiger partial charge in [-0.25, -0.2) is 0 Å². The van der Waals surface area contributed by atoms with Gasteiger partial charge in [-0.2, -0.15) is 11.3 Å². The van der Waals surface area contributed by atoms with Crippen molar-refractivity contribution in [2.45, 2.75) is 19.9 Å². The standard InChI is InChI=1S/C16H20N2OS/c1-13-11-20-12-15(13)16(19)18(9-5-8-17)10-14-6-3-2-4-7-14/h2-4,6-7,11-12H,5,8-10,17H2,1H3. The van der Waals surface area contributed by atoms with Gasteiger partial charge in [0.1, 0.15) is 0 Å². The van der Waals surface area contributed by atoms with Crippen LogP contribution in [0.5, 0.6) is 0 Å². The number of nitrogens with two attached hydrogens (primary N) is 1. The van der Waals surface area contributed by atoms with E-state index in [-0.39, 0.29) is 5.91 Å². The molecular formula is C16H20N2OS. The summed E-state index contributed by atoms with van der Waals surface area (Å²) in [4.78, 5) is 14.5. The summed E-state index contributed by atoms with van der Waals surface area (Å²) in [6, 6.07) is 10.1. The summed E-state index contributed by atoms with van der Waals surface area (Å²) in [7, 11) is 0. The van der Waals surface area contributed by atoms with Crippen LogP contribution in [0.15, 0.2) is 41.1 Å². The minimum Gasteiger partial charge on any atom is -0.334 e. The van der Waals surface area contributed by atoms with Gasteiger partial charge in [0.25, 0.3) is 5.91 Å². The number of aryl methyl sites for hydroxylation is 1. The highest BCUT2D eigenvalue weighted by Crippen LogP contribution is 2.17. The van der Waals surface area contributed by atoms with Gasteiger partial charge in [0, 0.05) is 18.5 Å². The van der Waals surface area contributed by atoms with Gasteiger partial charge < -0.3 is 10.6 Å². The van der Waals surface area contributed by atoms with E-state index in [4.69, 9.17) is 5.73 Å². The molecule has 0 atom stereocenters. The maximum atomic E-state index is 12.6. The Hall–Kier alpha value is -1.65. The van der Waals surface area contributed by atoms with Crippen LogP contribution in [0.25, 0.3) is 0 Å². The molecule has 3 nitrogen and oxygen atoms in total. The number of nitrogens with zero attached hydrogens (tertiary/aromatic N) is 1. The molecule has 0 radical (unpaired) electrons. The molecule has 2 rings (SSSR count). The van der Waals surface area contributed by atoms with Crippen LogP contribution < -0.4 is 5.73 Å². The van der Waals surface area contributed by atoms with E-state index in [0.29, 0.717) is 19.6 Å². The highest BCUT2D eigenvalue weighted by atomic mass is 32.1. The SMILES string of the molecule is Cc1cscc1C(=O)N(CCCN)Cc1ccccc1. The number of carbonyl (C=O) groups is 1. The van der Waals surface area contributed by atoms with E-state index in [1.165, 1.54) is 0 Å². The van der Waals surface area contributed by atoms with Crippen molar-refractivity contribution in [2.75, 3.05) is 13.1 Å². The van der Waals surface area contributed by atoms with Crippen molar-refractivity contribution in [1.29, 1.82) is 0 Å². The summed E-state index contributed by atoms with van der Waals surface area (Å²) in [5.41, 5.74) is 8.58. The normalized spacial score (nSPS) is 10.5. The van der Waals surface area contributed by atoms with E-state index >= 15 is 0 Å². The highest BCUT2D eigenvalue weighted by molar-refractivity contribution is 7.08. The molecular weight excluding hydrogens is 268 g/mol. The van der Waals surface area contributed by atoms with Gasteiger partial charge >= 0.3 is 0 Å². The van der Waals surface area contributed by atoms with E-state index in [2.05, 4.69) is 0 Å². The van der Waals surface area contributed by atoms with Crippen molar-refractivity contribution < 1.29 is 4.79 Å². The summed E-state index contributed by atoms with van der Waals surface area (Å²) >= 11 is 1.57. The fraction of sp³-hybridized carbons (Fsp3) is 0.312. The predicted molar refractivity (Wildman–Crippen MR) is 83.9 cm³/mol. The van der Waals surface area contributed by atoms with E-state index in [1.807, 2.05) is 52.9 Å². The molecule has 1 amide bonds. The maximum Gasteiger partial charge on any atom is 0.255 e. The lowest BCUT2D eigenvalue weighted by molar-refractivity contribution is 0.0742. The Balaban J connectivity index is 2.15. The Morgan fingerprint density at radius 1 is 1.25 bits per heavy atom. The summed E-state index contributed by atoms with van der Waals surface area (Å²) in [5.74, 6) is 0.0982. The quantitative estimate of drug-likeness (QED) is 0.888. The minimum absolute atomic E-state index is 0.0982. The summed E-state index contributed by atoms with van der Waals surface area (Å²) in [5, 5.41) is 3.94. The van der Waals surface area contributed by atoms with Crippen LogP contribution >= 0.6 is 11.3 Å². The molecule has 0 saturated carbocycles. The molecule has 0 bridgehead atoms. The third kappa shape index (κ3) is 3.68. The van der Waals surface area contributed by atoms with E-state index in [1.54, 1.807) is 11.3 Å². The van der Waals surface area contributed by atoms with Crippen LogP contribution in [0.3, 0.4) is 0 Å². The zero-order chi connectivity index (χ0) is 14.4. The maximum absolute atomic E-state index is 12.6. The Morgan fingerprint density at radius 3 is 2.60 bits per heavy atom. The molecule has 0 aliphatic carbocycles. The molecule has 2 N–H and O–H groups in total. The molecule has 0 fully saturated rings. The molecule has 0 saturated heterocycles. The van der Waals surface area contributed by atoms with Crippen molar-refractivity contribution in [3.8, 4) is 0 Å². The Bertz CT molecular complexity index is 551. The number of rotatable bonds is 6. The van der Waals surface area contributed by atoms with Gasteiger partial charge in [-0.05, 0) is 36.4 Å². The lowest BCUT2D eigenvalue weighted by atomic mass is 10.1. The zero-order valence-corrected chi connectivity index (χ0v) is 12.5. The van der Waals surface area contributed by atoms with Crippen molar-refractivity contribution in [1.82, 2.24) is 4.90 Å². The molecule has 20 heavy (non-hydrogen) atoms. The van der Waals surface area contributed by atoms with Crippen molar-refractivity contribution in [2.24, 2.45) is 5.73 Å². The second kappa shape index (κ2) is 7.22. The molecule has 2 aromatic rings. The van der Waals surface area contributed by atoms with E-state index in [9.17, 15) is 4.79 Å². The summed E-state index contributed by atoms with van der Waals surface area (Å²) < 4.78 is 0. The molecule has 0 spiro atoms. The van der Waals surface area contributed by atoms with Gasteiger partial charge in [-0.3, -0.25) is 4.79 Å². The van der Waals surface area contributed by atoms with Gasteiger partial charge in [0.15, 0.2) is 0 Å². The second-order valence-electron chi connectivity index (χ2n) is 4.82. The molecule has 0 aliphatic rings. The second-order valence-corrected chi connectivity index (χ2v) is 5.57.